The van der Waals surface area contributed by atoms with Crippen LogP contribution < -0.4 is 5.01 Å². The normalized spacial score (nSPS) is 11.7. The van der Waals surface area contributed by atoms with E-state index in [9.17, 15) is 9.59 Å². The maximum absolute atomic E-state index is 12.2. The number of benzene rings is 1. The largest absolute Gasteiger partial charge is 0.480 e. The fraction of sp³-hybridized carbons (Fsp3) is 0.385. The number of nitrogens with zero attached hydrogens (tertiary/aromatic N) is 2. The molecule has 1 rings (SSSR count). The number of hydrogen-bond acceptors (Lipinski definition) is 4. The number of anilines is 1. The Hall–Kier alpha value is -1.69. The Balaban J connectivity index is 2.96. The van der Waals surface area contributed by atoms with Crippen LogP contribution in [0.25, 0.3) is 0 Å². The van der Waals surface area contributed by atoms with Crippen LogP contribution in [0.15, 0.2) is 30.3 Å². The molecule has 6 heteroatoms. The topological polar surface area (TPSA) is 60.9 Å². The highest BCUT2D eigenvalue weighted by Crippen LogP contribution is 2.16. The number of para-hydroxylation sites is 1. The SMILES string of the molecule is CC(CS)C(=O)N(CC(=O)O)N(C)c1ccccc1. The molecule has 0 radical (unpaired) electrons. The zero-order valence-electron chi connectivity index (χ0n) is 11.0. The van der Waals surface area contributed by atoms with Gasteiger partial charge in [-0.15, -0.1) is 0 Å². The Morgan fingerprint density at radius 1 is 1.32 bits per heavy atom. The van der Waals surface area contributed by atoms with Crippen LogP contribution in [-0.4, -0.2) is 41.3 Å². The van der Waals surface area contributed by atoms with Crippen molar-refractivity contribution in [3.8, 4) is 0 Å². The highest BCUT2D eigenvalue weighted by atomic mass is 32.1. The molecule has 0 saturated heterocycles. The van der Waals surface area contributed by atoms with Crippen LogP contribution in [-0.2, 0) is 9.59 Å². The minimum Gasteiger partial charge on any atom is -0.480 e. The summed E-state index contributed by atoms with van der Waals surface area (Å²) >= 11 is 4.08. The Kier molecular flexibility index (Phi) is 5.69. The average molecular weight is 282 g/mol. The summed E-state index contributed by atoms with van der Waals surface area (Å²) in [5, 5.41) is 11.7. The number of carboxylic acids is 1. The fourth-order valence-electron chi connectivity index (χ4n) is 1.58. The summed E-state index contributed by atoms with van der Waals surface area (Å²) < 4.78 is 0. The summed E-state index contributed by atoms with van der Waals surface area (Å²) in [6.07, 6.45) is 0. The van der Waals surface area contributed by atoms with Gasteiger partial charge < -0.3 is 5.11 Å². The van der Waals surface area contributed by atoms with E-state index in [-0.39, 0.29) is 18.4 Å². The molecule has 0 bridgehead atoms. The van der Waals surface area contributed by atoms with Gasteiger partial charge in [0.05, 0.1) is 5.69 Å². The van der Waals surface area contributed by atoms with Gasteiger partial charge in [0.2, 0.25) is 5.91 Å². The molecule has 0 saturated carbocycles. The van der Waals surface area contributed by atoms with Gasteiger partial charge in [-0.2, -0.15) is 12.6 Å². The van der Waals surface area contributed by atoms with E-state index in [2.05, 4.69) is 12.6 Å². The van der Waals surface area contributed by atoms with E-state index in [1.165, 1.54) is 5.01 Å². The summed E-state index contributed by atoms with van der Waals surface area (Å²) in [6.45, 7) is 1.35. The number of carbonyl (C=O) groups excluding carboxylic acids is 1. The van der Waals surface area contributed by atoms with E-state index in [1.54, 1.807) is 19.0 Å². The molecule has 0 aromatic heterocycles. The number of carboxylic acid groups (broad SMARTS) is 1. The minimum atomic E-state index is -1.05. The lowest BCUT2D eigenvalue weighted by atomic mass is 10.2. The second-order valence-electron chi connectivity index (χ2n) is 4.23. The van der Waals surface area contributed by atoms with Gasteiger partial charge in [0, 0.05) is 18.7 Å². The van der Waals surface area contributed by atoms with Crippen LogP contribution in [0.2, 0.25) is 0 Å². The molecule has 5 nitrogen and oxygen atoms in total. The lowest BCUT2D eigenvalue weighted by Gasteiger charge is -2.33. The molecular weight excluding hydrogens is 264 g/mol. The number of hydrazine groups is 1. The van der Waals surface area contributed by atoms with Crippen molar-refractivity contribution in [1.82, 2.24) is 5.01 Å². The van der Waals surface area contributed by atoms with Crippen LogP contribution in [0.1, 0.15) is 6.92 Å². The zero-order valence-corrected chi connectivity index (χ0v) is 11.9. The monoisotopic (exact) mass is 282 g/mol. The fourth-order valence-corrected chi connectivity index (χ4v) is 1.73. The maximum Gasteiger partial charge on any atom is 0.325 e. The van der Waals surface area contributed by atoms with Crippen molar-refractivity contribution in [2.75, 3.05) is 24.4 Å². The first-order valence-corrected chi connectivity index (χ1v) is 6.53. The van der Waals surface area contributed by atoms with Gasteiger partial charge in [-0.3, -0.25) is 14.6 Å². The Bertz CT molecular complexity index is 439. The van der Waals surface area contributed by atoms with Gasteiger partial charge in [-0.25, -0.2) is 5.01 Å². The first-order valence-electron chi connectivity index (χ1n) is 5.90. The van der Waals surface area contributed by atoms with Gasteiger partial charge in [0.15, 0.2) is 0 Å². The quantitative estimate of drug-likeness (QED) is 0.613. The molecule has 0 aliphatic rings. The molecular formula is C13H18N2O3S. The maximum atomic E-state index is 12.2. The molecule has 19 heavy (non-hydrogen) atoms. The van der Waals surface area contributed by atoms with Crippen molar-refractivity contribution in [1.29, 1.82) is 0 Å². The predicted octanol–water partition coefficient (Wildman–Crippen LogP) is 1.52. The van der Waals surface area contributed by atoms with Crippen LogP contribution in [0.4, 0.5) is 5.69 Å². The molecule has 0 spiro atoms. The van der Waals surface area contributed by atoms with Crippen molar-refractivity contribution in [2.45, 2.75) is 6.92 Å². The summed E-state index contributed by atoms with van der Waals surface area (Å²) in [6, 6.07) is 9.15. The Labute approximate surface area is 118 Å². The van der Waals surface area contributed by atoms with Crippen molar-refractivity contribution >= 4 is 30.2 Å². The van der Waals surface area contributed by atoms with Crippen molar-refractivity contribution in [3.05, 3.63) is 30.3 Å². The summed E-state index contributed by atoms with van der Waals surface area (Å²) in [5.41, 5.74) is 0.753. The van der Waals surface area contributed by atoms with Crippen LogP contribution in [0.5, 0.6) is 0 Å². The molecule has 0 aliphatic carbocycles. The molecule has 1 atom stereocenters. The van der Waals surface area contributed by atoms with Crippen molar-refractivity contribution in [3.63, 3.8) is 0 Å². The van der Waals surface area contributed by atoms with Crippen molar-refractivity contribution < 1.29 is 14.7 Å². The highest BCUT2D eigenvalue weighted by Gasteiger charge is 2.25. The Morgan fingerprint density at radius 3 is 2.37 bits per heavy atom. The number of rotatable bonds is 6. The number of hydrogen-bond donors (Lipinski definition) is 2. The second kappa shape index (κ2) is 7.04. The van der Waals surface area contributed by atoms with Gasteiger partial charge >= 0.3 is 5.97 Å². The van der Waals surface area contributed by atoms with Gasteiger partial charge in [0.1, 0.15) is 6.54 Å². The highest BCUT2D eigenvalue weighted by molar-refractivity contribution is 7.80. The number of aliphatic carboxylic acids is 1. The zero-order chi connectivity index (χ0) is 14.4. The molecule has 1 N–H and O–H groups in total. The van der Waals surface area contributed by atoms with E-state index in [1.807, 2.05) is 30.3 Å². The molecule has 1 aromatic rings. The lowest BCUT2D eigenvalue weighted by Crippen LogP contribution is -2.49. The van der Waals surface area contributed by atoms with Gasteiger partial charge in [-0.1, -0.05) is 25.1 Å². The number of amides is 1. The summed E-state index contributed by atoms with van der Waals surface area (Å²) in [5.74, 6) is -1.28. The van der Waals surface area contributed by atoms with E-state index >= 15 is 0 Å². The average Bonchev–Trinajstić information content (AvgIpc) is 2.43. The van der Waals surface area contributed by atoms with E-state index in [4.69, 9.17) is 5.11 Å². The van der Waals surface area contributed by atoms with E-state index in [0.29, 0.717) is 5.75 Å². The predicted molar refractivity (Wildman–Crippen MR) is 77.2 cm³/mol. The van der Waals surface area contributed by atoms with Crippen LogP contribution in [0.3, 0.4) is 0 Å². The van der Waals surface area contributed by atoms with Gasteiger partial charge in [-0.05, 0) is 12.1 Å². The van der Waals surface area contributed by atoms with Gasteiger partial charge in [0.25, 0.3) is 0 Å². The van der Waals surface area contributed by atoms with Crippen LogP contribution >= 0.6 is 12.6 Å². The molecule has 1 unspecified atom stereocenters. The molecule has 104 valence electrons. The lowest BCUT2D eigenvalue weighted by molar-refractivity contribution is -0.146. The second-order valence-corrected chi connectivity index (χ2v) is 4.60. The van der Waals surface area contributed by atoms with Crippen molar-refractivity contribution in [2.24, 2.45) is 5.92 Å². The first-order chi connectivity index (χ1) is 8.97. The Morgan fingerprint density at radius 2 is 1.89 bits per heavy atom. The third kappa shape index (κ3) is 4.17. The minimum absolute atomic E-state index is 0.260. The van der Waals surface area contributed by atoms with E-state index in [0.717, 1.165) is 5.69 Å². The molecule has 1 amide bonds. The molecule has 0 heterocycles. The van der Waals surface area contributed by atoms with Crippen LogP contribution in [0, 0.1) is 5.92 Å². The first kappa shape index (κ1) is 15.4. The molecule has 0 fully saturated rings. The third-order valence-electron chi connectivity index (χ3n) is 2.73. The molecule has 1 aromatic carbocycles. The third-order valence-corrected chi connectivity index (χ3v) is 3.27. The van der Waals surface area contributed by atoms with E-state index < -0.39 is 5.97 Å². The number of carbonyl (C=O) groups is 2. The summed E-state index contributed by atoms with van der Waals surface area (Å²) in [4.78, 5) is 23.1. The smallest absolute Gasteiger partial charge is 0.325 e. The summed E-state index contributed by atoms with van der Waals surface area (Å²) in [7, 11) is 1.67. The standard InChI is InChI=1S/C13H18N2O3S/c1-10(9-19)13(18)15(8-12(16)17)14(2)11-6-4-3-5-7-11/h3-7,10,19H,8-9H2,1-2H3,(H,16,17). The number of thiol groups is 1. The molecule has 0 aliphatic heterocycles.